The predicted molar refractivity (Wildman–Crippen MR) is 180 cm³/mol. The lowest BCUT2D eigenvalue weighted by Gasteiger charge is -2.35. The molecule has 1 N–H and O–H groups in total. The maximum atomic E-state index is 14.6. The smallest absolute Gasteiger partial charge is 0.264 e. The normalized spacial score (nSPS) is 12.3. The van der Waals surface area contributed by atoms with Gasteiger partial charge in [-0.1, -0.05) is 77.9 Å². The molecule has 0 heterocycles. The van der Waals surface area contributed by atoms with Crippen LogP contribution >= 0.6 is 0 Å². The Morgan fingerprint density at radius 3 is 2.00 bits per heavy atom. The number of nitrogens with one attached hydrogen (secondary N) is 1. The molecule has 0 aliphatic carbocycles. The van der Waals surface area contributed by atoms with Crippen molar-refractivity contribution >= 4 is 27.5 Å². The maximum absolute atomic E-state index is 14.6. The Morgan fingerprint density at radius 1 is 0.804 bits per heavy atom. The van der Waals surface area contributed by atoms with E-state index in [0.29, 0.717) is 16.8 Å². The van der Waals surface area contributed by atoms with Crippen LogP contribution < -0.4 is 9.62 Å². The van der Waals surface area contributed by atoms with Gasteiger partial charge in [0.05, 0.1) is 10.6 Å². The molecule has 0 aromatic heterocycles. The summed E-state index contributed by atoms with van der Waals surface area (Å²) in [4.78, 5) is 30.0. The number of benzene rings is 4. The van der Waals surface area contributed by atoms with Gasteiger partial charge < -0.3 is 10.2 Å². The van der Waals surface area contributed by atoms with E-state index in [1.54, 1.807) is 43.3 Å². The largest absolute Gasteiger partial charge is 0.350 e. The van der Waals surface area contributed by atoms with Crippen LogP contribution in [-0.4, -0.2) is 43.3 Å². The van der Waals surface area contributed by atoms with E-state index >= 15 is 0 Å². The van der Waals surface area contributed by atoms with Gasteiger partial charge in [0, 0.05) is 18.5 Å². The summed E-state index contributed by atoms with van der Waals surface area (Å²) in [6, 6.07) is 25.9. The summed E-state index contributed by atoms with van der Waals surface area (Å²) in [5.41, 5.74) is 3.70. The molecule has 4 rings (SSSR count). The highest BCUT2D eigenvalue weighted by molar-refractivity contribution is 7.92. The number of anilines is 1. The van der Waals surface area contributed by atoms with Gasteiger partial charge in [0.2, 0.25) is 11.8 Å². The number of carbonyl (C=O) groups is 2. The molecule has 242 valence electrons. The molecule has 46 heavy (non-hydrogen) atoms. The molecule has 9 heteroatoms. The Balaban J connectivity index is 1.84. The van der Waals surface area contributed by atoms with Gasteiger partial charge in [-0.2, -0.15) is 0 Å². The monoisotopic (exact) mass is 643 g/mol. The van der Waals surface area contributed by atoms with Crippen LogP contribution in [0.4, 0.5) is 10.1 Å². The van der Waals surface area contributed by atoms with Gasteiger partial charge in [-0.15, -0.1) is 0 Å². The van der Waals surface area contributed by atoms with Crippen molar-refractivity contribution in [3.05, 3.63) is 131 Å². The number of carbonyl (C=O) groups excluding carboxylic acids is 2. The zero-order chi connectivity index (χ0) is 33.6. The molecule has 1 atom stereocenters. The number of aryl methyl sites for hydroxylation is 3. The number of amides is 2. The highest BCUT2D eigenvalue weighted by Crippen LogP contribution is 2.29. The zero-order valence-corrected chi connectivity index (χ0v) is 28.1. The average Bonchev–Trinajstić information content (AvgIpc) is 2.98. The van der Waals surface area contributed by atoms with Crippen molar-refractivity contribution < 1.29 is 22.4 Å². The van der Waals surface area contributed by atoms with Gasteiger partial charge in [0.25, 0.3) is 10.0 Å². The van der Waals surface area contributed by atoms with Crippen LogP contribution in [0.3, 0.4) is 0 Å². The first-order valence-electron chi connectivity index (χ1n) is 15.2. The number of halogens is 1. The van der Waals surface area contributed by atoms with Crippen molar-refractivity contribution in [3.8, 4) is 0 Å². The number of rotatable bonds is 11. The van der Waals surface area contributed by atoms with E-state index in [-0.39, 0.29) is 23.8 Å². The highest BCUT2D eigenvalue weighted by Gasteiger charge is 2.36. The first kappa shape index (κ1) is 34.4. The number of nitrogens with zero attached hydrogens (tertiary/aromatic N) is 2. The van der Waals surface area contributed by atoms with Crippen molar-refractivity contribution in [1.82, 2.24) is 10.2 Å². The van der Waals surface area contributed by atoms with Crippen LogP contribution in [0.2, 0.25) is 0 Å². The van der Waals surface area contributed by atoms with E-state index in [0.717, 1.165) is 21.0 Å². The van der Waals surface area contributed by atoms with Crippen LogP contribution in [0.25, 0.3) is 0 Å². The molecule has 0 aliphatic rings. The maximum Gasteiger partial charge on any atom is 0.264 e. The third kappa shape index (κ3) is 8.81. The number of sulfonamides is 1. The molecule has 7 nitrogen and oxygen atoms in total. The number of hydrogen-bond donors (Lipinski definition) is 1. The summed E-state index contributed by atoms with van der Waals surface area (Å²) in [5.74, 6) is -1.39. The molecule has 0 saturated carbocycles. The Morgan fingerprint density at radius 2 is 1.41 bits per heavy atom. The van der Waals surface area contributed by atoms with Gasteiger partial charge >= 0.3 is 0 Å². The summed E-state index contributed by atoms with van der Waals surface area (Å²) in [5, 5.41) is 3.01. The van der Waals surface area contributed by atoms with Crippen LogP contribution in [-0.2, 0) is 32.6 Å². The van der Waals surface area contributed by atoms with Crippen molar-refractivity contribution in [2.45, 2.75) is 71.0 Å². The quantitative estimate of drug-likeness (QED) is 0.202. The summed E-state index contributed by atoms with van der Waals surface area (Å²) < 4.78 is 43.5. The molecule has 4 aromatic rings. The molecule has 4 aromatic carbocycles. The summed E-state index contributed by atoms with van der Waals surface area (Å²) in [7, 11) is -4.21. The Bertz CT molecular complexity index is 1770. The topological polar surface area (TPSA) is 86.8 Å². The fourth-order valence-corrected chi connectivity index (χ4v) is 6.71. The predicted octanol–water partition coefficient (Wildman–Crippen LogP) is 6.50. The second-order valence-electron chi connectivity index (χ2n) is 12.7. The molecule has 0 aliphatic heterocycles. The molecule has 0 spiro atoms. The fraction of sp³-hybridized carbons (Fsp3) is 0.297. The average molecular weight is 644 g/mol. The van der Waals surface area contributed by atoms with E-state index in [9.17, 15) is 22.4 Å². The first-order chi connectivity index (χ1) is 21.6. The van der Waals surface area contributed by atoms with E-state index in [1.165, 1.54) is 29.2 Å². The summed E-state index contributed by atoms with van der Waals surface area (Å²) >= 11 is 0. The lowest BCUT2D eigenvalue weighted by molar-refractivity contribution is -0.140. The van der Waals surface area contributed by atoms with Gasteiger partial charge in [0.1, 0.15) is 18.4 Å². The standard InChI is InChI=1S/C37H42FN3O4S/c1-26-12-19-32(20-13-26)46(44,45)41(33-21-14-27(2)22-28(33)3)25-35(42)40(24-30-15-17-31(38)18-16-30)34(36(43)39-37(4,5)6)23-29-10-8-7-9-11-29/h7-22,34H,23-25H2,1-6H3,(H,39,43)/t34-/m0/s1. The van der Waals surface area contributed by atoms with Crippen molar-refractivity contribution in [1.29, 1.82) is 0 Å². The van der Waals surface area contributed by atoms with Gasteiger partial charge in [-0.05, 0) is 88.6 Å². The minimum Gasteiger partial charge on any atom is -0.350 e. The SMILES string of the molecule is Cc1ccc(S(=O)(=O)N(CC(=O)N(Cc2ccc(F)cc2)[C@@H](Cc2ccccc2)C(=O)NC(C)(C)C)c2ccc(C)cc2C)cc1. The Kier molecular flexibility index (Phi) is 10.7. The highest BCUT2D eigenvalue weighted by atomic mass is 32.2. The Hall–Kier alpha value is -4.50. The molecule has 0 saturated heterocycles. The Labute approximate surface area is 272 Å². The molecule has 0 bridgehead atoms. The molecular weight excluding hydrogens is 601 g/mol. The molecule has 2 amide bonds. The summed E-state index contributed by atoms with van der Waals surface area (Å²) in [6.07, 6.45) is 0.184. The van der Waals surface area contributed by atoms with E-state index < -0.39 is 39.9 Å². The van der Waals surface area contributed by atoms with Gasteiger partial charge in [-0.25, -0.2) is 12.8 Å². The van der Waals surface area contributed by atoms with Crippen LogP contribution in [0.1, 0.15) is 48.6 Å². The van der Waals surface area contributed by atoms with Crippen molar-refractivity contribution in [2.75, 3.05) is 10.8 Å². The van der Waals surface area contributed by atoms with E-state index in [1.807, 2.05) is 71.0 Å². The van der Waals surface area contributed by atoms with Gasteiger partial charge in [0.15, 0.2) is 0 Å². The number of hydrogen-bond acceptors (Lipinski definition) is 4. The van der Waals surface area contributed by atoms with E-state index in [4.69, 9.17) is 0 Å². The fourth-order valence-electron chi connectivity index (χ4n) is 5.23. The lowest BCUT2D eigenvalue weighted by Crippen LogP contribution is -2.56. The lowest BCUT2D eigenvalue weighted by atomic mass is 10.0. The molecule has 0 unspecified atom stereocenters. The van der Waals surface area contributed by atoms with Crippen molar-refractivity contribution in [3.63, 3.8) is 0 Å². The van der Waals surface area contributed by atoms with Crippen LogP contribution in [0.15, 0.2) is 102 Å². The summed E-state index contributed by atoms with van der Waals surface area (Å²) in [6.45, 7) is 10.5. The zero-order valence-electron chi connectivity index (χ0n) is 27.2. The first-order valence-corrected chi connectivity index (χ1v) is 16.6. The minimum atomic E-state index is -4.21. The minimum absolute atomic E-state index is 0.0422. The second-order valence-corrected chi connectivity index (χ2v) is 14.6. The van der Waals surface area contributed by atoms with Crippen LogP contribution in [0, 0.1) is 26.6 Å². The third-order valence-electron chi connectivity index (χ3n) is 7.54. The molecule has 0 radical (unpaired) electrons. The second kappa shape index (κ2) is 14.3. The van der Waals surface area contributed by atoms with E-state index in [2.05, 4.69) is 5.32 Å². The molecular formula is C37H42FN3O4S. The van der Waals surface area contributed by atoms with Crippen LogP contribution in [0.5, 0.6) is 0 Å². The molecule has 0 fully saturated rings. The van der Waals surface area contributed by atoms with Gasteiger partial charge in [-0.3, -0.25) is 13.9 Å². The third-order valence-corrected chi connectivity index (χ3v) is 9.32. The van der Waals surface area contributed by atoms with Crippen molar-refractivity contribution in [2.24, 2.45) is 0 Å².